The number of aromatic carboxylic acids is 1. The van der Waals surface area contributed by atoms with Crippen LogP contribution in [-0.4, -0.2) is 11.1 Å². The molecular formula is C21H33KO3. The smallest absolute Gasteiger partial charge is 0.872 e. The van der Waals surface area contributed by atoms with Gasteiger partial charge in [-0.05, 0) is 24.5 Å². The predicted molar refractivity (Wildman–Crippen MR) is 97.6 cm³/mol. The zero-order valence-corrected chi connectivity index (χ0v) is 19.3. The Kier molecular flexibility index (Phi) is 16.4. The molecule has 0 heterocycles. The van der Waals surface area contributed by atoms with Crippen molar-refractivity contribution < 1.29 is 66.4 Å². The minimum absolute atomic E-state index is 0. The van der Waals surface area contributed by atoms with Crippen LogP contribution in [0.2, 0.25) is 0 Å². The van der Waals surface area contributed by atoms with E-state index in [1.54, 1.807) is 6.07 Å². The van der Waals surface area contributed by atoms with Gasteiger partial charge in [-0.25, -0.2) is 4.79 Å². The Morgan fingerprint density at radius 3 is 1.80 bits per heavy atom. The molecule has 0 spiro atoms. The van der Waals surface area contributed by atoms with Gasteiger partial charge < -0.3 is 10.2 Å². The first-order valence-electron chi connectivity index (χ1n) is 9.68. The third-order valence-corrected chi connectivity index (χ3v) is 4.60. The van der Waals surface area contributed by atoms with Crippen molar-refractivity contribution in [2.24, 2.45) is 0 Å². The number of benzene rings is 1. The molecule has 0 aromatic heterocycles. The van der Waals surface area contributed by atoms with Crippen LogP contribution < -0.4 is 56.5 Å². The van der Waals surface area contributed by atoms with Crippen LogP contribution in [0.25, 0.3) is 0 Å². The first-order valence-corrected chi connectivity index (χ1v) is 9.68. The van der Waals surface area contributed by atoms with Crippen molar-refractivity contribution in [3.63, 3.8) is 0 Å². The second-order valence-corrected chi connectivity index (χ2v) is 6.77. The zero-order chi connectivity index (χ0) is 17.6. The normalized spacial score (nSPS) is 10.4. The van der Waals surface area contributed by atoms with Crippen molar-refractivity contribution in [3.05, 3.63) is 29.3 Å². The van der Waals surface area contributed by atoms with Gasteiger partial charge in [0.2, 0.25) is 0 Å². The third-order valence-electron chi connectivity index (χ3n) is 4.60. The summed E-state index contributed by atoms with van der Waals surface area (Å²) in [7, 11) is 0. The van der Waals surface area contributed by atoms with Gasteiger partial charge in [-0.1, -0.05) is 95.4 Å². The van der Waals surface area contributed by atoms with E-state index in [2.05, 4.69) is 6.92 Å². The molecule has 4 heteroatoms. The number of hydrogen-bond donors (Lipinski definition) is 1. The Morgan fingerprint density at radius 1 is 0.880 bits per heavy atom. The summed E-state index contributed by atoms with van der Waals surface area (Å²) in [5.74, 6) is -1.52. The number of unbranched alkanes of at least 4 members (excludes halogenated alkanes) is 11. The molecule has 1 aromatic rings. The number of carboxylic acid groups (broad SMARTS) is 1. The first kappa shape index (κ1) is 25.1. The van der Waals surface area contributed by atoms with Crippen LogP contribution in [0.15, 0.2) is 18.2 Å². The van der Waals surface area contributed by atoms with Crippen LogP contribution in [0.4, 0.5) is 0 Å². The molecule has 0 aliphatic carbocycles. The molecule has 25 heavy (non-hydrogen) atoms. The summed E-state index contributed by atoms with van der Waals surface area (Å²) in [5, 5.41) is 20.5. The van der Waals surface area contributed by atoms with Crippen molar-refractivity contribution in [3.8, 4) is 5.75 Å². The van der Waals surface area contributed by atoms with Crippen LogP contribution in [0.5, 0.6) is 5.75 Å². The van der Waals surface area contributed by atoms with E-state index in [1.165, 1.54) is 82.8 Å². The largest absolute Gasteiger partial charge is 1.00 e. The van der Waals surface area contributed by atoms with Gasteiger partial charge in [0.25, 0.3) is 0 Å². The Bertz CT molecular complexity index is 474. The van der Waals surface area contributed by atoms with Gasteiger partial charge in [0.15, 0.2) is 0 Å². The van der Waals surface area contributed by atoms with Crippen LogP contribution in [0, 0.1) is 0 Å². The molecule has 0 unspecified atom stereocenters. The van der Waals surface area contributed by atoms with Crippen LogP contribution in [0.3, 0.4) is 0 Å². The van der Waals surface area contributed by atoms with Crippen molar-refractivity contribution in [1.82, 2.24) is 0 Å². The number of hydrogen-bond acceptors (Lipinski definition) is 2. The molecular weight excluding hydrogens is 339 g/mol. The maximum atomic E-state index is 11.6. The molecule has 0 aliphatic rings. The second-order valence-electron chi connectivity index (χ2n) is 6.77. The average Bonchev–Trinajstić information content (AvgIpc) is 2.55. The van der Waals surface area contributed by atoms with E-state index < -0.39 is 5.97 Å². The molecule has 1 aromatic carbocycles. The molecule has 0 radical (unpaired) electrons. The van der Waals surface area contributed by atoms with E-state index in [0.29, 0.717) is 0 Å². The average molecular weight is 373 g/mol. The fraction of sp³-hybridized carbons (Fsp3) is 0.667. The van der Waals surface area contributed by atoms with E-state index in [1.807, 2.05) is 0 Å². The van der Waals surface area contributed by atoms with Gasteiger partial charge in [0.1, 0.15) is 0 Å². The van der Waals surface area contributed by atoms with Crippen molar-refractivity contribution in [2.75, 3.05) is 0 Å². The number of rotatable bonds is 14. The molecule has 0 bridgehead atoms. The molecule has 0 amide bonds. The summed E-state index contributed by atoms with van der Waals surface area (Å²) in [6, 6.07) is 4.67. The van der Waals surface area contributed by atoms with Crippen molar-refractivity contribution >= 4 is 5.97 Å². The third kappa shape index (κ3) is 12.2. The fourth-order valence-corrected chi connectivity index (χ4v) is 3.07. The van der Waals surface area contributed by atoms with Gasteiger partial charge in [-0.2, -0.15) is 0 Å². The van der Waals surface area contributed by atoms with Crippen LogP contribution in [0.1, 0.15) is 99.9 Å². The summed E-state index contributed by atoms with van der Waals surface area (Å²) in [6.45, 7) is 2.25. The van der Waals surface area contributed by atoms with E-state index in [-0.39, 0.29) is 62.7 Å². The van der Waals surface area contributed by atoms with Crippen LogP contribution >= 0.6 is 0 Å². The van der Waals surface area contributed by atoms with Gasteiger partial charge in [0, 0.05) is 0 Å². The van der Waals surface area contributed by atoms with E-state index in [9.17, 15) is 9.90 Å². The van der Waals surface area contributed by atoms with Gasteiger partial charge in [0.05, 0.1) is 5.56 Å². The van der Waals surface area contributed by atoms with E-state index >= 15 is 0 Å². The molecule has 1 rings (SSSR count). The zero-order valence-electron chi connectivity index (χ0n) is 16.2. The molecule has 0 saturated heterocycles. The molecule has 1 N–H and O–H groups in total. The summed E-state index contributed by atoms with van der Waals surface area (Å²) in [4.78, 5) is 10.8. The van der Waals surface area contributed by atoms with Gasteiger partial charge in [-0.3, -0.25) is 0 Å². The topological polar surface area (TPSA) is 60.4 Å². The number of carbonyl (C=O) groups is 1. The maximum absolute atomic E-state index is 11.6. The second kappa shape index (κ2) is 16.3. The monoisotopic (exact) mass is 372 g/mol. The van der Waals surface area contributed by atoms with Crippen LogP contribution in [-0.2, 0) is 6.42 Å². The van der Waals surface area contributed by atoms with Gasteiger partial charge >= 0.3 is 57.4 Å². The number of carboxylic acids is 1. The Morgan fingerprint density at radius 2 is 1.36 bits per heavy atom. The molecule has 0 aliphatic heterocycles. The molecule has 0 atom stereocenters. The predicted octanol–water partition coefficient (Wildman–Crippen LogP) is 2.71. The molecule has 0 saturated carbocycles. The van der Waals surface area contributed by atoms with E-state index in [0.717, 1.165) is 18.4 Å². The van der Waals surface area contributed by atoms with Crippen molar-refractivity contribution in [2.45, 2.75) is 90.4 Å². The summed E-state index contributed by atoms with van der Waals surface area (Å²) < 4.78 is 0. The number of aryl methyl sites for hydroxylation is 1. The Labute approximate surface area is 196 Å². The first-order chi connectivity index (χ1) is 11.6. The fourth-order valence-electron chi connectivity index (χ4n) is 3.07. The molecule has 0 fully saturated rings. The Balaban J connectivity index is 0.00000576. The van der Waals surface area contributed by atoms with E-state index in [4.69, 9.17) is 5.11 Å². The SMILES string of the molecule is CCCCCCCCCCCCCCc1ccc(C(=O)O)c([O-])c1.[K+]. The standard InChI is InChI=1S/C21H34O3.K/c1-2-3-4-5-6-7-8-9-10-11-12-13-14-18-15-16-19(21(23)24)20(22)17-18;/h15-17,22H,2-14H2,1H3,(H,23,24);/q;+1/p-1. The summed E-state index contributed by atoms with van der Waals surface area (Å²) in [5.41, 5.74) is 0.825. The van der Waals surface area contributed by atoms with Gasteiger partial charge in [-0.15, -0.1) is 0 Å². The van der Waals surface area contributed by atoms with Crippen molar-refractivity contribution in [1.29, 1.82) is 0 Å². The summed E-state index contributed by atoms with van der Waals surface area (Å²) in [6.07, 6.45) is 16.7. The molecule has 136 valence electrons. The Hall–Kier alpha value is 0.126. The maximum Gasteiger partial charge on any atom is 1.00 e. The molecule has 3 nitrogen and oxygen atoms in total. The minimum atomic E-state index is -1.14. The quantitative estimate of drug-likeness (QED) is 0.403. The summed E-state index contributed by atoms with van der Waals surface area (Å²) >= 11 is 0. The minimum Gasteiger partial charge on any atom is -0.872 e.